The van der Waals surface area contributed by atoms with Gasteiger partial charge in [-0.3, -0.25) is 0 Å². The van der Waals surface area contributed by atoms with Crippen molar-refractivity contribution in [2.24, 2.45) is 0 Å². The molecule has 0 N–H and O–H groups in total. The molecule has 0 bridgehead atoms. The smallest absolute Gasteiger partial charge is 0.129 e. The van der Waals surface area contributed by atoms with Crippen molar-refractivity contribution in [3.8, 4) is 23.1 Å². The summed E-state index contributed by atoms with van der Waals surface area (Å²) >= 11 is 0. The van der Waals surface area contributed by atoms with E-state index in [0.717, 1.165) is 29.0 Å². The number of methoxy groups -OCH3 is 1. The van der Waals surface area contributed by atoms with E-state index in [4.69, 9.17) is 10.00 Å². The second-order valence-electron chi connectivity index (χ2n) is 4.40. The Morgan fingerprint density at radius 1 is 1.30 bits per heavy atom. The third-order valence-electron chi connectivity index (χ3n) is 3.12. The topological polar surface area (TPSA) is 58.8 Å². The second-order valence-corrected chi connectivity index (χ2v) is 4.40. The first-order valence-corrected chi connectivity index (χ1v) is 6.64. The molecule has 0 aliphatic carbocycles. The summed E-state index contributed by atoms with van der Waals surface area (Å²) in [5.41, 5.74) is 3.08. The summed E-state index contributed by atoms with van der Waals surface area (Å²) in [4.78, 5) is 8.70. The zero-order valence-corrected chi connectivity index (χ0v) is 11.8. The highest BCUT2D eigenvalue weighted by atomic mass is 16.5. The van der Waals surface area contributed by atoms with Gasteiger partial charge in [0.25, 0.3) is 0 Å². The fourth-order valence-electron chi connectivity index (χ4n) is 2.06. The van der Waals surface area contributed by atoms with Gasteiger partial charge in [0, 0.05) is 24.6 Å². The van der Waals surface area contributed by atoms with Gasteiger partial charge in [-0.2, -0.15) is 5.26 Å². The van der Waals surface area contributed by atoms with Crippen molar-refractivity contribution in [1.82, 2.24) is 9.97 Å². The van der Waals surface area contributed by atoms with Gasteiger partial charge in [0.15, 0.2) is 0 Å². The molecule has 0 aliphatic rings. The number of hydrogen-bond acceptors (Lipinski definition) is 4. The summed E-state index contributed by atoms with van der Waals surface area (Å²) < 4.78 is 5.34. The summed E-state index contributed by atoms with van der Waals surface area (Å²) in [6, 6.07) is 10.0. The number of ether oxygens (including phenoxy) is 1. The van der Waals surface area contributed by atoms with Gasteiger partial charge in [-0.1, -0.05) is 6.92 Å². The van der Waals surface area contributed by atoms with Crippen LogP contribution in [-0.4, -0.2) is 17.1 Å². The molecule has 1 heterocycles. The van der Waals surface area contributed by atoms with Crippen LogP contribution in [0.1, 0.15) is 24.7 Å². The largest absolute Gasteiger partial charge is 0.496 e. The molecule has 0 amide bonds. The van der Waals surface area contributed by atoms with Crippen LogP contribution < -0.4 is 4.74 Å². The summed E-state index contributed by atoms with van der Waals surface area (Å²) in [5.74, 6) is 1.60. The van der Waals surface area contributed by atoms with Crippen LogP contribution >= 0.6 is 0 Å². The van der Waals surface area contributed by atoms with E-state index < -0.39 is 0 Å². The SMILES string of the molecule is CCc1cc(-c2ccnc(CCC#N)n2)ccc1OC. The Balaban J connectivity index is 2.34. The van der Waals surface area contributed by atoms with Crippen molar-refractivity contribution in [3.63, 3.8) is 0 Å². The highest BCUT2D eigenvalue weighted by Gasteiger charge is 2.06. The molecule has 0 spiro atoms. The van der Waals surface area contributed by atoms with Crippen LogP contribution in [0.4, 0.5) is 0 Å². The van der Waals surface area contributed by atoms with Crippen LogP contribution in [0, 0.1) is 11.3 Å². The predicted octanol–water partition coefficient (Wildman–Crippen LogP) is 3.17. The summed E-state index contributed by atoms with van der Waals surface area (Å²) in [6.45, 7) is 2.10. The lowest BCUT2D eigenvalue weighted by molar-refractivity contribution is 0.410. The van der Waals surface area contributed by atoms with Crippen LogP contribution in [0.5, 0.6) is 5.75 Å². The molecule has 2 aromatic rings. The molecule has 1 aromatic carbocycles. The van der Waals surface area contributed by atoms with Crippen LogP contribution in [0.25, 0.3) is 11.3 Å². The van der Waals surface area contributed by atoms with Crippen molar-refractivity contribution in [2.45, 2.75) is 26.2 Å². The van der Waals surface area contributed by atoms with Gasteiger partial charge < -0.3 is 4.74 Å². The Hall–Kier alpha value is -2.41. The van der Waals surface area contributed by atoms with Gasteiger partial charge >= 0.3 is 0 Å². The predicted molar refractivity (Wildman–Crippen MR) is 77.3 cm³/mol. The Kier molecular flexibility index (Phi) is 4.67. The maximum absolute atomic E-state index is 8.62. The fraction of sp³-hybridized carbons (Fsp3) is 0.312. The van der Waals surface area contributed by atoms with E-state index in [9.17, 15) is 0 Å². The van der Waals surface area contributed by atoms with Crippen molar-refractivity contribution in [3.05, 3.63) is 41.9 Å². The highest BCUT2D eigenvalue weighted by Crippen LogP contribution is 2.25. The molecule has 0 unspecified atom stereocenters. The third kappa shape index (κ3) is 3.12. The summed E-state index contributed by atoms with van der Waals surface area (Å²) in [6.07, 6.45) is 3.67. The minimum atomic E-state index is 0.437. The Bertz CT molecular complexity index is 632. The van der Waals surface area contributed by atoms with E-state index in [2.05, 4.69) is 29.0 Å². The standard InChI is InChI=1S/C16H17N3O/c1-3-12-11-13(6-7-15(12)20-2)14-8-10-18-16(19-14)5-4-9-17/h6-8,10-11H,3-5H2,1-2H3. The number of hydrogen-bond donors (Lipinski definition) is 0. The first kappa shape index (κ1) is 14.0. The van der Waals surface area contributed by atoms with Gasteiger partial charge in [-0.25, -0.2) is 9.97 Å². The van der Waals surface area contributed by atoms with Gasteiger partial charge in [0.05, 0.1) is 18.9 Å². The quantitative estimate of drug-likeness (QED) is 0.834. The number of nitriles is 1. The van der Waals surface area contributed by atoms with E-state index in [1.165, 1.54) is 0 Å². The molecule has 0 saturated heterocycles. The van der Waals surface area contributed by atoms with Gasteiger partial charge in [-0.15, -0.1) is 0 Å². The molecule has 2 rings (SSSR count). The average molecular weight is 267 g/mol. The van der Waals surface area contributed by atoms with Crippen LogP contribution in [0.3, 0.4) is 0 Å². The molecule has 0 saturated carbocycles. The van der Waals surface area contributed by atoms with Crippen LogP contribution in [0.15, 0.2) is 30.5 Å². The van der Waals surface area contributed by atoms with E-state index >= 15 is 0 Å². The minimum absolute atomic E-state index is 0.437. The normalized spacial score (nSPS) is 10.1. The van der Waals surface area contributed by atoms with Crippen molar-refractivity contribution in [1.29, 1.82) is 5.26 Å². The Morgan fingerprint density at radius 3 is 2.85 bits per heavy atom. The van der Waals surface area contributed by atoms with E-state index in [0.29, 0.717) is 18.7 Å². The van der Waals surface area contributed by atoms with Crippen molar-refractivity contribution in [2.75, 3.05) is 7.11 Å². The molecule has 0 fully saturated rings. The number of nitrogens with zero attached hydrogens (tertiary/aromatic N) is 3. The first-order chi connectivity index (χ1) is 9.78. The molecule has 102 valence electrons. The monoisotopic (exact) mass is 267 g/mol. The molecule has 4 heteroatoms. The van der Waals surface area contributed by atoms with Gasteiger partial charge in [0.2, 0.25) is 0 Å². The third-order valence-corrected chi connectivity index (χ3v) is 3.12. The zero-order chi connectivity index (χ0) is 14.4. The maximum atomic E-state index is 8.62. The zero-order valence-electron chi connectivity index (χ0n) is 11.8. The fourth-order valence-corrected chi connectivity index (χ4v) is 2.06. The maximum Gasteiger partial charge on any atom is 0.129 e. The summed E-state index contributed by atoms with van der Waals surface area (Å²) in [5, 5.41) is 8.62. The molecular weight excluding hydrogens is 250 g/mol. The molecule has 0 aliphatic heterocycles. The van der Waals surface area contributed by atoms with Gasteiger partial charge in [0.1, 0.15) is 11.6 Å². The van der Waals surface area contributed by atoms with Gasteiger partial charge in [-0.05, 0) is 36.2 Å². The van der Waals surface area contributed by atoms with E-state index in [-0.39, 0.29) is 0 Å². The Labute approximate surface area is 119 Å². The van der Waals surface area contributed by atoms with Crippen LogP contribution in [0.2, 0.25) is 0 Å². The average Bonchev–Trinajstić information content (AvgIpc) is 2.52. The molecule has 0 atom stereocenters. The molecule has 4 nitrogen and oxygen atoms in total. The lowest BCUT2D eigenvalue weighted by Crippen LogP contribution is -1.97. The van der Waals surface area contributed by atoms with Crippen molar-refractivity contribution < 1.29 is 4.74 Å². The lowest BCUT2D eigenvalue weighted by Gasteiger charge is -2.09. The highest BCUT2D eigenvalue weighted by molar-refractivity contribution is 5.61. The Morgan fingerprint density at radius 2 is 2.15 bits per heavy atom. The lowest BCUT2D eigenvalue weighted by atomic mass is 10.0. The van der Waals surface area contributed by atoms with E-state index in [1.54, 1.807) is 13.3 Å². The van der Waals surface area contributed by atoms with E-state index in [1.807, 2.05) is 18.2 Å². The number of benzene rings is 1. The second kappa shape index (κ2) is 6.67. The minimum Gasteiger partial charge on any atom is -0.496 e. The van der Waals surface area contributed by atoms with Crippen molar-refractivity contribution >= 4 is 0 Å². The number of rotatable bonds is 5. The number of aryl methyl sites for hydroxylation is 2. The molecule has 1 aromatic heterocycles. The van der Waals surface area contributed by atoms with Crippen LogP contribution in [-0.2, 0) is 12.8 Å². The molecule has 20 heavy (non-hydrogen) atoms. The molecular formula is C16H17N3O. The number of aromatic nitrogens is 2. The molecule has 0 radical (unpaired) electrons. The first-order valence-electron chi connectivity index (χ1n) is 6.64. The summed E-state index contributed by atoms with van der Waals surface area (Å²) in [7, 11) is 1.68.